The van der Waals surface area contributed by atoms with Gasteiger partial charge in [-0.1, -0.05) is 50.1 Å². The molecule has 2 N–H and O–H groups in total. The second kappa shape index (κ2) is 7.93. The predicted octanol–water partition coefficient (Wildman–Crippen LogP) is 3.02. The van der Waals surface area contributed by atoms with E-state index in [2.05, 4.69) is 46.9 Å². The number of benzene rings is 1. The summed E-state index contributed by atoms with van der Waals surface area (Å²) >= 11 is 0. The van der Waals surface area contributed by atoms with Crippen LogP contribution in [-0.2, 0) is 4.79 Å². The molecular weight excluding hydrogens is 286 g/mol. The van der Waals surface area contributed by atoms with Crippen LogP contribution in [0.3, 0.4) is 0 Å². The fourth-order valence-corrected chi connectivity index (χ4v) is 3.93. The molecule has 0 spiro atoms. The van der Waals surface area contributed by atoms with Crippen molar-refractivity contribution in [2.75, 3.05) is 13.1 Å². The van der Waals surface area contributed by atoms with Crippen LogP contribution in [0.5, 0.6) is 0 Å². The minimum absolute atomic E-state index is 0.0945. The van der Waals surface area contributed by atoms with Crippen LogP contribution < -0.4 is 10.9 Å². The van der Waals surface area contributed by atoms with E-state index in [9.17, 15) is 4.79 Å². The fourth-order valence-electron chi connectivity index (χ4n) is 3.93. The second-order valence-electron chi connectivity index (χ2n) is 6.95. The standard InChI is InChI=1S/C19H29N3O/c1-2-7-15-8-6-12-22(13-11-15)19(23)18-14-17(20-21-18)16-9-4-3-5-10-16/h3-5,9-10,15,17-18,20-21H,2,6-8,11-14H2,1H3. The summed E-state index contributed by atoms with van der Waals surface area (Å²) in [6, 6.07) is 10.5. The summed E-state index contributed by atoms with van der Waals surface area (Å²) in [6.45, 7) is 4.11. The van der Waals surface area contributed by atoms with Crippen LogP contribution >= 0.6 is 0 Å². The Labute approximate surface area is 139 Å². The molecule has 1 amide bonds. The van der Waals surface area contributed by atoms with E-state index in [4.69, 9.17) is 0 Å². The lowest BCUT2D eigenvalue weighted by Gasteiger charge is -2.24. The molecule has 4 heteroatoms. The van der Waals surface area contributed by atoms with Crippen molar-refractivity contribution in [3.8, 4) is 0 Å². The van der Waals surface area contributed by atoms with Crippen LogP contribution in [0.1, 0.15) is 57.1 Å². The molecule has 0 saturated carbocycles. The molecule has 2 fully saturated rings. The van der Waals surface area contributed by atoms with Crippen LogP contribution in [0.15, 0.2) is 30.3 Å². The van der Waals surface area contributed by atoms with Gasteiger partial charge in [0.05, 0.1) is 0 Å². The van der Waals surface area contributed by atoms with Crippen LogP contribution in [0.25, 0.3) is 0 Å². The zero-order valence-corrected chi connectivity index (χ0v) is 14.1. The molecule has 4 nitrogen and oxygen atoms in total. The van der Waals surface area contributed by atoms with Gasteiger partial charge in [0.15, 0.2) is 0 Å². The number of carbonyl (C=O) groups is 1. The van der Waals surface area contributed by atoms with Crippen molar-refractivity contribution in [2.24, 2.45) is 5.92 Å². The topological polar surface area (TPSA) is 44.4 Å². The highest BCUT2D eigenvalue weighted by atomic mass is 16.2. The van der Waals surface area contributed by atoms with Gasteiger partial charge in [-0.05, 0) is 37.2 Å². The Balaban J connectivity index is 1.54. The van der Waals surface area contributed by atoms with Crippen LogP contribution in [0, 0.1) is 5.92 Å². The molecule has 0 aliphatic carbocycles. The first-order valence-corrected chi connectivity index (χ1v) is 9.12. The lowest BCUT2D eigenvalue weighted by atomic mass is 9.96. The molecule has 23 heavy (non-hydrogen) atoms. The number of nitrogens with one attached hydrogen (secondary N) is 2. The largest absolute Gasteiger partial charge is 0.341 e. The summed E-state index contributed by atoms with van der Waals surface area (Å²) in [5, 5.41) is 0. The maximum Gasteiger partial charge on any atom is 0.241 e. The number of carbonyl (C=O) groups excluding carboxylic acids is 1. The van der Waals surface area contributed by atoms with Crippen molar-refractivity contribution in [3.63, 3.8) is 0 Å². The van der Waals surface area contributed by atoms with Crippen LogP contribution in [0.2, 0.25) is 0 Å². The minimum Gasteiger partial charge on any atom is -0.341 e. The molecule has 0 radical (unpaired) electrons. The van der Waals surface area contributed by atoms with Crippen molar-refractivity contribution in [1.29, 1.82) is 0 Å². The average Bonchev–Trinajstić information content (AvgIpc) is 2.96. The molecule has 126 valence electrons. The van der Waals surface area contributed by atoms with E-state index in [0.717, 1.165) is 31.8 Å². The monoisotopic (exact) mass is 315 g/mol. The third kappa shape index (κ3) is 4.12. The highest BCUT2D eigenvalue weighted by Gasteiger charge is 2.33. The summed E-state index contributed by atoms with van der Waals surface area (Å²) in [5.41, 5.74) is 7.75. The Kier molecular flexibility index (Phi) is 5.68. The molecule has 3 atom stereocenters. The second-order valence-corrected chi connectivity index (χ2v) is 6.95. The third-order valence-electron chi connectivity index (χ3n) is 5.26. The minimum atomic E-state index is -0.0945. The first-order chi connectivity index (χ1) is 11.3. The molecule has 2 heterocycles. The van der Waals surface area contributed by atoms with E-state index in [-0.39, 0.29) is 18.0 Å². The Hall–Kier alpha value is -1.39. The smallest absolute Gasteiger partial charge is 0.241 e. The first kappa shape index (κ1) is 16.5. The van der Waals surface area contributed by atoms with Gasteiger partial charge >= 0.3 is 0 Å². The molecule has 2 aliphatic rings. The van der Waals surface area contributed by atoms with Gasteiger partial charge in [0.1, 0.15) is 6.04 Å². The SMILES string of the molecule is CCCC1CCCN(C(=O)C2CC(c3ccccc3)NN2)CC1. The van der Waals surface area contributed by atoms with Crippen molar-refractivity contribution < 1.29 is 4.79 Å². The summed E-state index contributed by atoms with van der Waals surface area (Å²) in [6.07, 6.45) is 6.99. The van der Waals surface area contributed by atoms with Gasteiger partial charge in [-0.25, -0.2) is 10.9 Å². The number of hydrogen-bond acceptors (Lipinski definition) is 3. The van der Waals surface area contributed by atoms with Gasteiger partial charge in [0.2, 0.25) is 5.91 Å². The molecule has 1 aromatic carbocycles. The number of likely N-dealkylation sites (tertiary alicyclic amines) is 1. The van der Waals surface area contributed by atoms with E-state index in [1.54, 1.807) is 0 Å². The van der Waals surface area contributed by atoms with E-state index in [1.807, 2.05) is 6.07 Å². The van der Waals surface area contributed by atoms with Gasteiger partial charge < -0.3 is 4.90 Å². The van der Waals surface area contributed by atoms with E-state index >= 15 is 0 Å². The van der Waals surface area contributed by atoms with Crippen LogP contribution in [0.4, 0.5) is 0 Å². The molecule has 1 aromatic rings. The summed E-state index contributed by atoms with van der Waals surface area (Å²) in [4.78, 5) is 14.9. The summed E-state index contributed by atoms with van der Waals surface area (Å²) < 4.78 is 0. The Morgan fingerprint density at radius 2 is 2.00 bits per heavy atom. The third-order valence-corrected chi connectivity index (χ3v) is 5.26. The zero-order valence-electron chi connectivity index (χ0n) is 14.1. The van der Waals surface area contributed by atoms with Gasteiger partial charge in [-0.2, -0.15) is 0 Å². The number of hydrogen-bond donors (Lipinski definition) is 2. The molecule has 3 rings (SSSR count). The summed E-state index contributed by atoms with van der Waals surface area (Å²) in [5.74, 6) is 1.08. The lowest BCUT2D eigenvalue weighted by molar-refractivity contribution is -0.133. The Bertz CT molecular complexity index is 505. The summed E-state index contributed by atoms with van der Waals surface area (Å²) in [7, 11) is 0. The molecule has 3 unspecified atom stereocenters. The fraction of sp³-hybridized carbons (Fsp3) is 0.632. The first-order valence-electron chi connectivity index (χ1n) is 9.12. The quantitative estimate of drug-likeness (QED) is 0.897. The van der Waals surface area contributed by atoms with E-state index in [1.165, 1.54) is 31.2 Å². The molecule has 0 aromatic heterocycles. The van der Waals surface area contributed by atoms with E-state index in [0.29, 0.717) is 0 Å². The number of hydrazine groups is 1. The van der Waals surface area contributed by atoms with Crippen molar-refractivity contribution in [2.45, 2.75) is 57.5 Å². The number of nitrogens with zero attached hydrogens (tertiary/aromatic N) is 1. The average molecular weight is 315 g/mol. The van der Waals surface area contributed by atoms with Gasteiger partial charge in [0, 0.05) is 19.1 Å². The highest BCUT2D eigenvalue weighted by Crippen LogP contribution is 2.25. The van der Waals surface area contributed by atoms with Crippen LogP contribution in [-0.4, -0.2) is 29.9 Å². The zero-order chi connectivity index (χ0) is 16.1. The highest BCUT2D eigenvalue weighted by molar-refractivity contribution is 5.82. The van der Waals surface area contributed by atoms with Gasteiger partial charge in [-0.3, -0.25) is 4.79 Å². The van der Waals surface area contributed by atoms with Gasteiger partial charge in [-0.15, -0.1) is 0 Å². The Morgan fingerprint density at radius 1 is 1.17 bits per heavy atom. The molecule has 0 bridgehead atoms. The molecule has 2 saturated heterocycles. The number of rotatable bonds is 4. The number of amides is 1. The molecular formula is C19H29N3O. The van der Waals surface area contributed by atoms with Crippen molar-refractivity contribution in [3.05, 3.63) is 35.9 Å². The maximum absolute atomic E-state index is 12.8. The van der Waals surface area contributed by atoms with Gasteiger partial charge in [0.25, 0.3) is 0 Å². The predicted molar refractivity (Wildman–Crippen MR) is 92.7 cm³/mol. The van der Waals surface area contributed by atoms with Crippen molar-refractivity contribution >= 4 is 5.91 Å². The lowest BCUT2D eigenvalue weighted by Crippen LogP contribution is -2.46. The van der Waals surface area contributed by atoms with E-state index < -0.39 is 0 Å². The normalized spacial score (nSPS) is 28.6. The molecule has 2 aliphatic heterocycles. The maximum atomic E-state index is 12.8. The Morgan fingerprint density at radius 3 is 2.78 bits per heavy atom. The van der Waals surface area contributed by atoms with Crippen molar-refractivity contribution in [1.82, 2.24) is 15.8 Å².